The van der Waals surface area contributed by atoms with Crippen LogP contribution in [0.15, 0.2) is 0 Å². The van der Waals surface area contributed by atoms with Crippen molar-refractivity contribution in [3.63, 3.8) is 0 Å². The number of hydrogen-bond donors (Lipinski definition) is 0. The third-order valence-electron chi connectivity index (χ3n) is 5.41. The van der Waals surface area contributed by atoms with Gasteiger partial charge >= 0.3 is 0 Å². The molecule has 2 fully saturated rings. The van der Waals surface area contributed by atoms with E-state index in [9.17, 15) is 4.39 Å². The Balaban J connectivity index is 2.13. The van der Waals surface area contributed by atoms with Crippen LogP contribution in [-0.2, 0) is 0 Å². The van der Waals surface area contributed by atoms with Crippen molar-refractivity contribution in [3.8, 4) is 0 Å². The van der Waals surface area contributed by atoms with Crippen LogP contribution in [0.1, 0.15) is 65.2 Å². The number of hydrogen-bond acceptors (Lipinski definition) is 0. The molecule has 2 atom stereocenters. The molecular weight excluding hydrogens is 187 g/mol. The van der Waals surface area contributed by atoms with Gasteiger partial charge in [-0.15, -0.1) is 0 Å². The van der Waals surface area contributed by atoms with Crippen molar-refractivity contribution >= 4 is 0 Å². The summed E-state index contributed by atoms with van der Waals surface area (Å²) in [5.74, 6) is 0.981. The molecule has 0 nitrogen and oxygen atoms in total. The quantitative estimate of drug-likeness (QED) is 0.618. The van der Waals surface area contributed by atoms with Gasteiger partial charge in [-0.05, 0) is 61.7 Å². The molecule has 1 heteroatoms. The maximum absolute atomic E-state index is 12.4. The fourth-order valence-electron chi connectivity index (χ4n) is 4.40. The number of rotatable bonds is 5. The molecule has 0 N–H and O–H groups in total. The summed E-state index contributed by atoms with van der Waals surface area (Å²) in [6, 6.07) is 0. The highest BCUT2D eigenvalue weighted by Crippen LogP contribution is 2.66. The molecule has 15 heavy (non-hydrogen) atoms. The lowest BCUT2D eigenvalue weighted by Crippen LogP contribution is -2.36. The summed E-state index contributed by atoms with van der Waals surface area (Å²) in [4.78, 5) is 0. The van der Waals surface area contributed by atoms with Gasteiger partial charge in [0.05, 0.1) is 6.67 Å². The van der Waals surface area contributed by atoms with E-state index in [-0.39, 0.29) is 6.67 Å². The molecule has 0 aromatic rings. The standard InChI is InChI=1S/C14H25F/c1-3-14(12-6-7-12)10-4-8-13(14,2)9-5-11-15/h12H,3-11H2,1-2H3. The molecule has 0 aromatic heterocycles. The molecule has 0 amide bonds. The van der Waals surface area contributed by atoms with E-state index in [1.165, 1.54) is 38.5 Å². The Morgan fingerprint density at radius 2 is 2.00 bits per heavy atom. The second-order valence-corrected chi connectivity index (χ2v) is 5.99. The molecule has 2 rings (SSSR count). The predicted molar refractivity (Wildman–Crippen MR) is 62.6 cm³/mol. The van der Waals surface area contributed by atoms with Gasteiger partial charge < -0.3 is 0 Å². The maximum Gasteiger partial charge on any atom is 0.0894 e. The van der Waals surface area contributed by atoms with Gasteiger partial charge in [-0.1, -0.05) is 20.3 Å². The lowest BCUT2D eigenvalue weighted by Gasteiger charge is -2.44. The average Bonchev–Trinajstić information content (AvgIpc) is 3.02. The molecule has 88 valence electrons. The van der Waals surface area contributed by atoms with Crippen LogP contribution < -0.4 is 0 Å². The van der Waals surface area contributed by atoms with Gasteiger partial charge in [-0.25, -0.2) is 0 Å². The van der Waals surface area contributed by atoms with E-state index in [0.717, 1.165) is 18.8 Å². The minimum Gasteiger partial charge on any atom is -0.251 e. The van der Waals surface area contributed by atoms with Crippen molar-refractivity contribution in [3.05, 3.63) is 0 Å². The Hall–Kier alpha value is -0.0700. The normalized spacial score (nSPS) is 41.0. The fourth-order valence-corrected chi connectivity index (χ4v) is 4.40. The zero-order valence-electron chi connectivity index (χ0n) is 10.3. The van der Waals surface area contributed by atoms with Crippen molar-refractivity contribution in [2.24, 2.45) is 16.7 Å². The van der Waals surface area contributed by atoms with E-state index in [1.54, 1.807) is 0 Å². The lowest BCUT2D eigenvalue weighted by atomic mass is 9.60. The first-order chi connectivity index (χ1) is 7.18. The van der Waals surface area contributed by atoms with Crippen molar-refractivity contribution in [1.82, 2.24) is 0 Å². The van der Waals surface area contributed by atoms with Crippen molar-refractivity contribution < 1.29 is 4.39 Å². The molecule has 0 aromatic carbocycles. The van der Waals surface area contributed by atoms with Crippen molar-refractivity contribution in [2.75, 3.05) is 6.67 Å². The zero-order valence-corrected chi connectivity index (χ0v) is 10.3. The predicted octanol–water partition coefficient (Wildman–Crippen LogP) is 4.73. The van der Waals surface area contributed by atoms with E-state index in [4.69, 9.17) is 0 Å². The number of alkyl halides is 1. The molecule has 0 bridgehead atoms. The molecule has 2 unspecified atom stereocenters. The Morgan fingerprint density at radius 1 is 1.27 bits per heavy atom. The first-order valence-electron chi connectivity index (χ1n) is 6.74. The van der Waals surface area contributed by atoms with E-state index < -0.39 is 0 Å². The van der Waals surface area contributed by atoms with Crippen LogP contribution >= 0.6 is 0 Å². The molecule has 2 saturated carbocycles. The van der Waals surface area contributed by atoms with E-state index >= 15 is 0 Å². The fraction of sp³-hybridized carbons (Fsp3) is 1.00. The van der Waals surface area contributed by atoms with Gasteiger partial charge in [0.25, 0.3) is 0 Å². The summed E-state index contributed by atoms with van der Waals surface area (Å²) >= 11 is 0. The van der Waals surface area contributed by atoms with E-state index in [0.29, 0.717) is 10.8 Å². The summed E-state index contributed by atoms with van der Waals surface area (Å²) in [7, 11) is 0. The molecular formula is C14H25F. The third-order valence-corrected chi connectivity index (χ3v) is 5.41. The minimum atomic E-state index is -0.125. The highest BCUT2D eigenvalue weighted by molar-refractivity contribution is 5.06. The SMILES string of the molecule is CCC1(C2CC2)CCCC1(C)CCCF. The van der Waals surface area contributed by atoms with Crippen LogP contribution in [0.25, 0.3) is 0 Å². The van der Waals surface area contributed by atoms with Crippen molar-refractivity contribution in [1.29, 1.82) is 0 Å². The van der Waals surface area contributed by atoms with Gasteiger partial charge in [0.15, 0.2) is 0 Å². The summed E-state index contributed by atoms with van der Waals surface area (Å²) in [6.07, 6.45) is 10.2. The lowest BCUT2D eigenvalue weighted by molar-refractivity contribution is 0.0445. The Bertz CT molecular complexity index is 221. The highest BCUT2D eigenvalue weighted by atomic mass is 19.1. The summed E-state index contributed by atoms with van der Waals surface area (Å²) in [5.41, 5.74) is 1.04. The monoisotopic (exact) mass is 212 g/mol. The van der Waals surface area contributed by atoms with E-state index in [2.05, 4.69) is 13.8 Å². The number of halogens is 1. The topological polar surface area (TPSA) is 0 Å². The molecule has 0 radical (unpaired) electrons. The van der Waals surface area contributed by atoms with E-state index in [1.807, 2.05) is 0 Å². The Labute approximate surface area is 93.6 Å². The van der Waals surface area contributed by atoms with Crippen LogP contribution in [0.3, 0.4) is 0 Å². The summed E-state index contributed by atoms with van der Waals surface area (Å²) < 4.78 is 12.4. The largest absolute Gasteiger partial charge is 0.251 e. The maximum atomic E-state index is 12.4. The Kier molecular flexibility index (Phi) is 3.10. The molecule has 0 saturated heterocycles. The smallest absolute Gasteiger partial charge is 0.0894 e. The zero-order chi connectivity index (χ0) is 10.9. The molecule has 0 aliphatic heterocycles. The van der Waals surface area contributed by atoms with Gasteiger partial charge in [0.2, 0.25) is 0 Å². The molecule has 2 aliphatic rings. The van der Waals surface area contributed by atoms with Gasteiger partial charge in [-0.3, -0.25) is 4.39 Å². The molecule has 2 aliphatic carbocycles. The third kappa shape index (κ3) is 1.72. The van der Waals surface area contributed by atoms with Crippen molar-refractivity contribution in [2.45, 2.75) is 65.2 Å². The minimum absolute atomic E-state index is 0.125. The molecule has 0 heterocycles. The summed E-state index contributed by atoms with van der Waals surface area (Å²) in [6.45, 7) is 4.68. The summed E-state index contributed by atoms with van der Waals surface area (Å²) in [5, 5.41) is 0. The first-order valence-corrected chi connectivity index (χ1v) is 6.74. The average molecular weight is 212 g/mol. The van der Waals surface area contributed by atoms with Crippen LogP contribution in [0, 0.1) is 16.7 Å². The first kappa shape index (κ1) is 11.4. The Morgan fingerprint density at radius 3 is 2.53 bits per heavy atom. The van der Waals surface area contributed by atoms with Crippen LogP contribution in [-0.4, -0.2) is 6.67 Å². The van der Waals surface area contributed by atoms with Crippen LogP contribution in [0.2, 0.25) is 0 Å². The van der Waals surface area contributed by atoms with Gasteiger partial charge in [0.1, 0.15) is 0 Å². The van der Waals surface area contributed by atoms with Crippen LogP contribution in [0.4, 0.5) is 4.39 Å². The highest BCUT2D eigenvalue weighted by Gasteiger charge is 2.56. The second kappa shape index (κ2) is 4.07. The molecule has 0 spiro atoms. The van der Waals surface area contributed by atoms with Gasteiger partial charge in [-0.2, -0.15) is 0 Å². The van der Waals surface area contributed by atoms with Gasteiger partial charge in [0, 0.05) is 0 Å². The van der Waals surface area contributed by atoms with Crippen LogP contribution in [0.5, 0.6) is 0 Å². The second-order valence-electron chi connectivity index (χ2n) is 5.99.